The van der Waals surface area contributed by atoms with Crippen molar-refractivity contribution in [2.45, 2.75) is 20.4 Å². The first-order valence-corrected chi connectivity index (χ1v) is 6.52. The first-order chi connectivity index (χ1) is 9.11. The molecule has 0 radical (unpaired) electrons. The van der Waals surface area contributed by atoms with Crippen molar-refractivity contribution in [2.24, 2.45) is 0 Å². The number of anilines is 2. The van der Waals surface area contributed by atoms with Crippen LogP contribution >= 0.6 is 0 Å². The van der Waals surface area contributed by atoms with Crippen LogP contribution in [0.1, 0.15) is 16.7 Å². The highest BCUT2D eigenvalue weighted by Gasteiger charge is 2.08. The smallest absolute Gasteiger partial charge is 0.132 e. The van der Waals surface area contributed by atoms with Crippen molar-refractivity contribution in [3.8, 4) is 0 Å². The molecule has 0 saturated heterocycles. The summed E-state index contributed by atoms with van der Waals surface area (Å²) in [5, 5.41) is 3.13. The van der Waals surface area contributed by atoms with Gasteiger partial charge in [-0.25, -0.2) is 4.98 Å². The second-order valence-electron chi connectivity index (χ2n) is 4.90. The number of pyridine rings is 1. The summed E-state index contributed by atoms with van der Waals surface area (Å²) in [6.45, 7) is 5.09. The van der Waals surface area contributed by atoms with Gasteiger partial charge in [-0.1, -0.05) is 23.8 Å². The van der Waals surface area contributed by atoms with Gasteiger partial charge in [0.1, 0.15) is 5.82 Å². The second kappa shape index (κ2) is 5.85. The first kappa shape index (κ1) is 13.6. The molecule has 3 heteroatoms. The number of nitrogens with zero attached hydrogens (tertiary/aromatic N) is 2. The fraction of sp³-hybridized carbons (Fsp3) is 0.312. The van der Waals surface area contributed by atoms with Gasteiger partial charge < -0.3 is 10.2 Å². The van der Waals surface area contributed by atoms with Crippen molar-refractivity contribution < 1.29 is 0 Å². The molecule has 2 rings (SSSR count). The molecule has 3 nitrogen and oxygen atoms in total. The molecule has 19 heavy (non-hydrogen) atoms. The molecule has 100 valence electrons. The third kappa shape index (κ3) is 3.12. The molecule has 0 aliphatic heterocycles. The molecule has 0 aliphatic rings. The fourth-order valence-electron chi connectivity index (χ4n) is 2.23. The highest BCUT2D eigenvalue weighted by molar-refractivity contribution is 5.63. The van der Waals surface area contributed by atoms with Crippen LogP contribution in [0.5, 0.6) is 0 Å². The predicted octanol–water partition coefficient (Wildman–Crippen LogP) is 3.19. The molecule has 0 aliphatic carbocycles. The summed E-state index contributed by atoms with van der Waals surface area (Å²) in [6, 6.07) is 10.6. The van der Waals surface area contributed by atoms with Gasteiger partial charge in [0.05, 0.1) is 0 Å². The molecule has 0 atom stereocenters. The van der Waals surface area contributed by atoms with Gasteiger partial charge in [0.15, 0.2) is 0 Å². The largest absolute Gasteiger partial charge is 0.329 e. The first-order valence-electron chi connectivity index (χ1n) is 6.52. The Kier molecular flexibility index (Phi) is 4.17. The molecule has 1 aromatic heterocycles. The molecular weight excluding hydrogens is 234 g/mol. The Morgan fingerprint density at radius 1 is 1.16 bits per heavy atom. The van der Waals surface area contributed by atoms with Crippen molar-refractivity contribution in [3.05, 3.63) is 53.2 Å². The van der Waals surface area contributed by atoms with E-state index in [4.69, 9.17) is 0 Å². The number of hydrogen-bond donors (Lipinski definition) is 1. The summed E-state index contributed by atoms with van der Waals surface area (Å²) in [6.07, 6.45) is 1.92. The number of benzene rings is 1. The highest BCUT2D eigenvalue weighted by atomic mass is 15.2. The van der Waals surface area contributed by atoms with Gasteiger partial charge in [-0.3, -0.25) is 0 Å². The molecule has 0 fully saturated rings. The van der Waals surface area contributed by atoms with Crippen LogP contribution < -0.4 is 10.2 Å². The molecule has 0 amide bonds. The third-order valence-electron chi connectivity index (χ3n) is 3.25. The van der Waals surface area contributed by atoms with Crippen LogP contribution in [0.15, 0.2) is 36.5 Å². The van der Waals surface area contributed by atoms with E-state index in [-0.39, 0.29) is 0 Å². The maximum atomic E-state index is 4.52. The summed E-state index contributed by atoms with van der Waals surface area (Å²) in [5.74, 6) is 0.965. The van der Waals surface area contributed by atoms with E-state index in [9.17, 15) is 0 Å². The van der Waals surface area contributed by atoms with Gasteiger partial charge in [0.2, 0.25) is 0 Å². The van der Waals surface area contributed by atoms with Crippen LogP contribution in [0.3, 0.4) is 0 Å². The van der Waals surface area contributed by atoms with E-state index in [2.05, 4.69) is 66.4 Å². The zero-order valence-corrected chi connectivity index (χ0v) is 12.1. The minimum Gasteiger partial charge on any atom is -0.329 e. The SMILES string of the molecule is CNCc1ccc(N(C)c2ccc(C)cc2C)nc1. The van der Waals surface area contributed by atoms with Crippen LogP contribution in [0.4, 0.5) is 11.5 Å². The summed E-state index contributed by atoms with van der Waals surface area (Å²) in [5.41, 5.74) is 4.94. The van der Waals surface area contributed by atoms with Crippen LogP contribution in [0.2, 0.25) is 0 Å². The van der Waals surface area contributed by atoms with Crippen molar-refractivity contribution in [1.29, 1.82) is 0 Å². The number of aryl methyl sites for hydroxylation is 2. The lowest BCUT2D eigenvalue weighted by Gasteiger charge is -2.21. The van der Waals surface area contributed by atoms with E-state index in [0.717, 1.165) is 12.4 Å². The Bertz CT molecular complexity index is 546. The number of nitrogens with one attached hydrogen (secondary N) is 1. The maximum absolute atomic E-state index is 4.52. The third-order valence-corrected chi connectivity index (χ3v) is 3.25. The van der Waals surface area contributed by atoms with E-state index in [1.54, 1.807) is 0 Å². The topological polar surface area (TPSA) is 28.2 Å². The zero-order chi connectivity index (χ0) is 13.8. The normalized spacial score (nSPS) is 10.5. The molecule has 0 unspecified atom stereocenters. The van der Waals surface area contributed by atoms with Crippen LogP contribution in [0.25, 0.3) is 0 Å². The van der Waals surface area contributed by atoms with Crippen LogP contribution in [-0.2, 0) is 6.54 Å². The van der Waals surface area contributed by atoms with Gasteiger partial charge in [-0.15, -0.1) is 0 Å². The Morgan fingerprint density at radius 3 is 2.53 bits per heavy atom. The van der Waals surface area contributed by atoms with Crippen molar-refractivity contribution >= 4 is 11.5 Å². The lowest BCUT2D eigenvalue weighted by Crippen LogP contribution is -2.13. The molecule has 0 spiro atoms. The van der Waals surface area contributed by atoms with Gasteiger partial charge in [0, 0.05) is 25.5 Å². The molecular formula is C16H21N3. The summed E-state index contributed by atoms with van der Waals surface area (Å²) >= 11 is 0. The minimum absolute atomic E-state index is 0.848. The van der Waals surface area contributed by atoms with Crippen molar-refractivity contribution in [1.82, 2.24) is 10.3 Å². The van der Waals surface area contributed by atoms with Crippen LogP contribution in [0, 0.1) is 13.8 Å². The molecule has 1 aromatic carbocycles. The maximum Gasteiger partial charge on any atom is 0.132 e. The number of hydrogen-bond acceptors (Lipinski definition) is 3. The Labute approximate surface area is 115 Å². The lowest BCUT2D eigenvalue weighted by molar-refractivity contribution is 0.813. The molecule has 2 aromatic rings. The minimum atomic E-state index is 0.848. The molecule has 1 N–H and O–H groups in total. The summed E-state index contributed by atoms with van der Waals surface area (Å²) in [7, 11) is 3.99. The van der Waals surface area contributed by atoms with E-state index in [1.807, 2.05) is 13.2 Å². The lowest BCUT2D eigenvalue weighted by atomic mass is 10.1. The monoisotopic (exact) mass is 255 g/mol. The Morgan fingerprint density at radius 2 is 1.95 bits per heavy atom. The van der Waals surface area contributed by atoms with E-state index in [1.165, 1.54) is 22.4 Å². The van der Waals surface area contributed by atoms with E-state index in [0.29, 0.717) is 0 Å². The highest BCUT2D eigenvalue weighted by Crippen LogP contribution is 2.25. The average molecular weight is 255 g/mol. The predicted molar refractivity (Wildman–Crippen MR) is 81.0 cm³/mol. The summed E-state index contributed by atoms with van der Waals surface area (Å²) in [4.78, 5) is 6.65. The average Bonchev–Trinajstić information content (AvgIpc) is 2.39. The number of rotatable bonds is 4. The van der Waals surface area contributed by atoms with Crippen molar-refractivity contribution in [2.75, 3.05) is 19.0 Å². The van der Waals surface area contributed by atoms with Gasteiger partial charge in [-0.2, -0.15) is 0 Å². The van der Waals surface area contributed by atoms with Gasteiger partial charge in [-0.05, 0) is 44.2 Å². The molecule has 0 saturated carbocycles. The molecule has 0 bridgehead atoms. The van der Waals surface area contributed by atoms with E-state index >= 15 is 0 Å². The number of aromatic nitrogens is 1. The Hall–Kier alpha value is -1.87. The van der Waals surface area contributed by atoms with Crippen molar-refractivity contribution in [3.63, 3.8) is 0 Å². The zero-order valence-electron chi connectivity index (χ0n) is 12.1. The quantitative estimate of drug-likeness (QED) is 0.909. The van der Waals surface area contributed by atoms with Crippen LogP contribution in [-0.4, -0.2) is 19.1 Å². The van der Waals surface area contributed by atoms with Gasteiger partial charge in [0.25, 0.3) is 0 Å². The fourth-order valence-corrected chi connectivity index (χ4v) is 2.23. The van der Waals surface area contributed by atoms with Gasteiger partial charge >= 0.3 is 0 Å². The Balaban J connectivity index is 2.25. The standard InChI is InChI=1S/C16H21N3/c1-12-5-7-15(13(2)9-12)19(4)16-8-6-14(10-17-3)11-18-16/h5-9,11,17H,10H2,1-4H3. The second-order valence-corrected chi connectivity index (χ2v) is 4.90. The van der Waals surface area contributed by atoms with E-state index < -0.39 is 0 Å². The summed E-state index contributed by atoms with van der Waals surface area (Å²) < 4.78 is 0. The molecule has 1 heterocycles.